The Kier molecular flexibility index (Phi) is 4.74. The van der Waals surface area contributed by atoms with Crippen molar-refractivity contribution in [2.75, 3.05) is 11.9 Å². The Morgan fingerprint density at radius 1 is 1.47 bits per heavy atom. The first-order valence-electron chi connectivity index (χ1n) is 5.83. The predicted octanol–water partition coefficient (Wildman–Crippen LogP) is 1.80. The summed E-state index contributed by atoms with van der Waals surface area (Å²) in [6, 6.07) is 6.91. The lowest BCUT2D eigenvalue weighted by Crippen LogP contribution is -2.27. The zero-order valence-electron chi connectivity index (χ0n) is 11.3. The van der Waals surface area contributed by atoms with E-state index in [0.29, 0.717) is 11.4 Å². The molecule has 0 saturated heterocycles. The minimum Gasteiger partial charge on any atom is -0.485 e. The summed E-state index contributed by atoms with van der Waals surface area (Å²) in [6.07, 6.45) is 0. The molecule has 1 aromatic rings. The van der Waals surface area contributed by atoms with Gasteiger partial charge in [-0.05, 0) is 12.1 Å². The number of oxime groups is 1. The van der Waals surface area contributed by atoms with Crippen LogP contribution in [0.2, 0.25) is 0 Å². The number of carbonyl (C=O) groups is 1. The predicted molar refractivity (Wildman–Crippen MR) is 73.4 cm³/mol. The van der Waals surface area contributed by atoms with Crippen LogP contribution in [0.25, 0.3) is 0 Å². The minimum atomic E-state index is -0.467. The highest BCUT2D eigenvalue weighted by Gasteiger charge is 2.21. The molecule has 0 aliphatic rings. The largest absolute Gasteiger partial charge is 0.485 e. The van der Waals surface area contributed by atoms with Crippen molar-refractivity contribution in [3.63, 3.8) is 0 Å². The van der Waals surface area contributed by atoms with Crippen molar-refractivity contribution in [2.45, 2.75) is 20.8 Å². The number of nitrogens with zero attached hydrogens (tertiary/aromatic N) is 1. The van der Waals surface area contributed by atoms with Gasteiger partial charge in [0.05, 0.1) is 0 Å². The molecule has 1 amide bonds. The summed E-state index contributed by atoms with van der Waals surface area (Å²) < 4.78 is 5.30. The van der Waals surface area contributed by atoms with Gasteiger partial charge in [-0.25, -0.2) is 0 Å². The first-order valence-corrected chi connectivity index (χ1v) is 5.83. The van der Waals surface area contributed by atoms with E-state index < -0.39 is 5.41 Å². The van der Waals surface area contributed by atoms with E-state index >= 15 is 0 Å². The average molecular weight is 265 g/mol. The quantitative estimate of drug-likeness (QED) is 0.334. The molecular formula is C13H19N3O3. The van der Waals surface area contributed by atoms with Gasteiger partial charge < -0.3 is 21.0 Å². The van der Waals surface area contributed by atoms with Gasteiger partial charge in [-0.2, -0.15) is 0 Å². The maximum absolute atomic E-state index is 11.8. The SMILES string of the molecule is CC(C)(C)C(=O)Nc1cccc(OC/C(N)=N/O)c1. The van der Waals surface area contributed by atoms with Crippen LogP contribution in [0.4, 0.5) is 5.69 Å². The van der Waals surface area contributed by atoms with Crippen molar-refractivity contribution in [3.8, 4) is 5.75 Å². The number of rotatable bonds is 4. The number of carbonyl (C=O) groups excluding carboxylic acids is 1. The molecule has 0 saturated carbocycles. The van der Waals surface area contributed by atoms with Gasteiger partial charge in [-0.1, -0.05) is 32.0 Å². The summed E-state index contributed by atoms with van der Waals surface area (Å²) in [5.41, 5.74) is 5.47. The Morgan fingerprint density at radius 2 is 2.16 bits per heavy atom. The number of nitrogens with two attached hydrogens (primary N) is 1. The molecule has 0 radical (unpaired) electrons. The minimum absolute atomic E-state index is 0.0207. The van der Waals surface area contributed by atoms with Gasteiger partial charge in [-0.15, -0.1) is 0 Å². The number of ether oxygens (including phenoxy) is 1. The second kappa shape index (κ2) is 6.08. The third-order valence-corrected chi connectivity index (χ3v) is 2.29. The molecule has 0 heterocycles. The zero-order chi connectivity index (χ0) is 14.5. The molecule has 0 atom stereocenters. The van der Waals surface area contributed by atoms with Crippen LogP contribution in [0.5, 0.6) is 5.75 Å². The highest BCUT2D eigenvalue weighted by Crippen LogP contribution is 2.21. The molecule has 0 spiro atoms. The van der Waals surface area contributed by atoms with Crippen molar-refractivity contribution in [1.29, 1.82) is 0 Å². The lowest BCUT2D eigenvalue weighted by atomic mass is 9.95. The van der Waals surface area contributed by atoms with Gasteiger partial charge in [0.2, 0.25) is 5.91 Å². The Morgan fingerprint density at radius 3 is 2.74 bits per heavy atom. The van der Waals surface area contributed by atoms with E-state index in [1.165, 1.54) is 0 Å². The second-order valence-electron chi connectivity index (χ2n) is 5.11. The molecule has 104 valence electrons. The normalized spacial score (nSPS) is 12.1. The van der Waals surface area contributed by atoms with Gasteiger partial charge >= 0.3 is 0 Å². The van der Waals surface area contributed by atoms with E-state index in [2.05, 4.69) is 10.5 Å². The molecule has 0 aromatic heterocycles. The number of hydrogen-bond acceptors (Lipinski definition) is 4. The lowest BCUT2D eigenvalue weighted by Gasteiger charge is -2.18. The zero-order valence-corrected chi connectivity index (χ0v) is 11.3. The Bertz CT molecular complexity index is 478. The molecule has 4 N–H and O–H groups in total. The fourth-order valence-corrected chi connectivity index (χ4v) is 1.17. The average Bonchev–Trinajstić information content (AvgIpc) is 2.35. The van der Waals surface area contributed by atoms with Crippen LogP contribution in [0.15, 0.2) is 29.4 Å². The van der Waals surface area contributed by atoms with Gasteiger partial charge in [0.25, 0.3) is 0 Å². The van der Waals surface area contributed by atoms with Crippen molar-refractivity contribution >= 4 is 17.4 Å². The van der Waals surface area contributed by atoms with Gasteiger partial charge in [0, 0.05) is 17.2 Å². The van der Waals surface area contributed by atoms with Gasteiger partial charge in [0.1, 0.15) is 12.4 Å². The molecular weight excluding hydrogens is 246 g/mol. The maximum atomic E-state index is 11.8. The number of amidine groups is 1. The van der Waals surface area contributed by atoms with Crippen LogP contribution >= 0.6 is 0 Å². The monoisotopic (exact) mass is 265 g/mol. The summed E-state index contributed by atoms with van der Waals surface area (Å²) in [5.74, 6) is 0.420. The third kappa shape index (κ3) is 4.87. The molecule has 6 nitrogen and oxygen atoms in total. The van der Waals surface area contributed by atoms with Crippen molar-refractivity contribution in [1.82, 2.24) is 0 Å². The number of amides is 1. The number of hydrogen-bond donors (Lipinski definition) is 3. The van der Waals surface area contributed by atoms with Crippen molar-refractivity contribution in [2.24, 2.45) is 16.3 Å². The third-order valence-electron chi connectivity index (χ3n) is 2.29. The molecule has 0 fully saturated rings. The van der Waals surface area contributed by atoms with Crippen molar-refractivity contribution < 1.29 is 14.7 Å². The molecule has 6 heteroatoms. The van der Waals surface area contributed by atoms with E-state index in [9.17, 15) is 4.79 Å². The number of nitrogens with one attached hydrogen (secondary N) is 1. The van der Waals surface area contributed by atoms with Gasteiger partial charge in [-0.3, -0.25) is 4.79 Å². The highest BCUT2D eigenvalue weighted by molar-refractivity contribution is 5.94. The maximum Gasteiger partial charge on any atom is 0.229 e. The first-order chi connectivity index (χ1) is 8.82. The standard InChI is InChI=1S/C13H19N3O3/c1-13(2,3)12(17)15-9-5-4-6-10(7-9)19-8-11(14)16-18/h4-7,18H,8H2,1-3H3,(H2,14,16)(H,15,17). The molecule has 0 bridgehead atoms. The van der Waals surface area contributed by atoms with E-state index in [4.69, 9.17) is 15.7 Å². The van der Waals surface area contributed by atoms with E-state index in [1.54, 1.807) is 24.3 Å². The van der Waals surface area contributed by atoms with Crippen LogP contribution in [0.3, 0.4) is 0 Å². The molecule has 19 heavy (non-hydrogen) atoms. The van der Waals surface area contributed by atoms with Crippen LogP contribution < -0.4 is 15.8 Å². The Hall–Kier alpha value is -2.24. The van der Waals surface area contributed by atoms with Crippen LogP contribution in [0.1, 0.15) is 20.8 Å². The molecule has 0 aliphatic carbocycles. The molecule has 0 aliphatic heterocycles. The Balaban J connectivity index is 2.70. The summed E-state index contributed by atoms with van der Waals surface area (Å²) in [6.45, 7) is 5.48. The second-order valence-corrected chi connectivity index (χ2v) is 5.11. The topological polar surface area (TPSA) is 96.9 Å². The van der Waals surface area contributed by atoms with Gasteiger partial charge in [0.15, 0.2) is 5.84 Å². The summed E-state index contributed by atoms with van der Waals surface area (Å²) in [4.78, 5) is 11.8. The van der Waals surface area contributed by atoms with Crippen LogP contribution in [0, 0.1) is 5.41 Å². The van der Waals surface area contributed by atoms with Crippen LogP contribution in [-0.2, 0) is 4.79 Å². The summed E-state index contributed by atoms with van der Waals surface area (Å²) in [5, 5.41) is 14.0. The fraction of sp³-hybridized carbons (Fsp3) is 0.385. The lowest BCUT2D eigenvalue weighted by molar-refractivity contribution is -0.123. The van der Waals surface area contributed by atoms with E-state index in [1.807, 2.05) is 20.8 Å². The van der Waals surface area contributed by atoms with E-state index in [-0.39, 0.29) is 18.3 Å². The summed E-state index contributed by atoms with van der Waals surface area (Å²) >= 11 is 0. The smallest absolute Gasteiger partial charge is 0.229 e. The number of benzene rings is 1. The molecule has 1 aromatic carbocycles. The van der Waals surface area contributed by atoms with E-state index in [0.717, 1.165) is 0 Å². The van der Waals surface area contributed by atoms with Crippen molar-refractivity contribution in [3.05, 3.63) is 24.3 Å². The Labute approximate surface area is 112 Å². The fourth-order valence-electron chi connectivity index (χ4n) is 1.17. The van der Waals surface area contributed by atoms with Crippen LogP contribution in [-0.4, -0.2) is 23.6 Å². The first kappa shape index (κ1) is 14.8. The summed E-state index contributed by atoms with van der Waals surface area (Å²) in [7, 11) is 0. The highest BCUT2D eigenvalue weighted by atomic mass is 16.5. The molecule has 0 unspecified atom stereocenters. The number of anilines is 1. The molecule has 1 rings (SSSR count).